The molecule has 1 atom stereocenters. The van der Waals surface area contributed by atoms with E-state index in [1.54, 1.807) is 0 Å². The molecule has 0 aliphatic rings. The Morgan fingerprint density at radius 2 is 1.89 bits per heavy atom. The number of nitrogens with two attached hydrogens (primary N) is 4. The largest absolute Gasteiger partial charge is 0.386 e. The van der Waals surface area contributed by atoms with Crippen LogP contribution in [0, 0.1) is 5.41 Å². The van der Waals surface area contributed by atoms with Crippen LogP contribution >= 0.6 is 0 Å². The predicted octanol–water partition coefficient (Wildman–Crippen LogP) is -2.52. The molecule has 0 aromatic heterocycles. The van der Waals surface area contributed by atoms with Crippen LogP contribution in [-0.2, 0) is 0 Å². The van der Waals surface area contributed by atoms with Gasteiger partial charge in [0.1, 0.15) is 17.7 Å². The SMILES string of the molecule is N=C(N)C(N)C(N)=NN. The third kappa shape index (κ3) is 1.96. The molecule has 0 fully saturated rings. The van der Waals surface area contributed by atoms with E-state index < -0.39 is 6.04 Å². The van der Waals surface area contributed by atoms with Gasteiger partial charge in [-0.1, -0.05) is 0 Å². The molecule has 0 saturated carbocycles. The molecule has 0 aliphatic heterocycles. The van der Waals surface area contributed by atoms with Crippen LogP contribution in [0.1, 0.15) is 0 Å². The fraction of sp³-hybridized carbons (Fsp3) is 0.333. The Hall–Kier alpha value is -1.30. The minimum Gasteiger partial charge on any atom is -0.386 e. The molecule has 0 bridgehead atoms. The number of rotatable bonds is 2. The van der Waals surface area contributed by atoms with Crippen molar-refractivity contribution in [2.24, 2.45) is 28.1 Å². The van der Waals surface area contributed by atoms with Crippen LogP contribution in [0.5, 0.6) is 0 Å². The van der Waals surface area contributed by atoms with E-state index in [1.807, 2.05) is 0 Å². The quantitative estimate of drug-likeness (QED) is 0.122. The Morgan fingerprint density at radius 1 is 1.44 bits per heavy atom. The van der Waals surface area contributed by atoms with Crippen LogP contribution < -0.4 is 23.0 Å². The third-order valence-corrected chi connectivity index (χ3v) is 0.803. The highest BCUT2D eigenvalue weighted by Crippen LogP contribution is 1.73. The van der Waals surface area contributed by atoms with Crippen LogP contribution in [0.25, 0.3) is 0 Å². The smallest absolute Gasteiger partial charge is 0.144 e. The monoisotopic (exact) mass is 130 g/mol. The van der Waals surface area contributed by atoms with Gasteiger partial charge in [0.2, 0.25) is 0 Å². The summed E-state index contributed by atoms with van der Waals surface area (Å²) in [6.45, 7) is 0. The van der Waals surface area contributed by atoms with Crippen molar-refractivity contribution in [1.82, 2.24) is 0 Å². The van der Waals surface area contributed by atoms with E-state index in [1.165, 1.54) is 0 Å². The number of nitrogens with zero attached hydrogens (tertiary/aromatic N) is 1. The normalized spacial score (nSPS) is 15.0. The average Bonchev–Trinajstić information content (AvgIpc) is 1.84. The molecule has 0 rings (SSSR count). The standard InChI is InChI=1S/C3H10N6/c4-1(2(5)6)3(7)9-8/h1H,4,8H2,(H3,5,6)(H2,7,9). The summed E-state index contributed by atoms with van der Waals surface area (Å²) in [5.41, 5.74) is 15.2. The molecule has 0 saturated heterocycles. The van der Waals surface area contributed by atoms with E-state index in [0.717, 1.165) is 0 Å². The molecule has 0 spiro atoms. The van der Waals surface area contributed by atoms with Gasteiger partial charge >= 0.3 is 0 Å². The van der Waals surface area contributed by atoms with E-state index in [2.05, 4.69) is 5.10 Å². The molecule has 9 heavy (non-hydrogen) atoms. The Morgan fingerprint density at radius 3 is 2.00 bits per heavy atom. The van der Waals surface area contributed by atoms with Gasteiger partial charge < -0.3 is 23.0 Å². The maximum atomic E-state index is 6.77. The second kappa shape index (κ2) is 2.88. The molecule has 0 aromatic rings. The van der Waals surface area contributed by atoms with Crippen molar-refractivity contribution < 1.29 is 0 Å². The predicted molar refractivity (Wildman–Crippen MR) is 35.7 cm³/mol. The second-order valence-corrected chi connectivity index (χ2v) is 1.49. The molecular formula is C3H10N6. The highest BCUT2D eigenvalue weighted by atomic mass is 15.2. The van der Waals surface area contributed by atoms with Crippen molar-refractivity contribution in [3.8, 4) is 0 Å². The molecule has 0 heterocycles. The minimum atomic E-state index is -0.852. The fourth-order valence-electron chi connectivity index (χ4n) is 0.240. The lowest BCUT2D eigenvalue weighted by Gasteiger charge is -2.05. The first kappa shape index (κ1) is 7.70. The first-order valence-corrected chi connectivity index (χ1v) is 2.22. The molecular weight excluding hydrogens is 120 g/mol. The van der Waals surface area contributed by atoms with Gasteiger partial charge in [-0.2, -0.15) is 5.10 Å². The highest BCUT2D eigenvalue weighted by molar-refractivity contribution is 6.06. The molecule has 9 N–H and O–H groups in total. The summed E-state index contributed by atoms with van der Waals surface area (Å²) in [6, 6.07) is -0.852. The average molecular weight is 130 g/mol. The Kier molecular flexibility index (Phi) is 2.46. The van der Waals surface area contributed by atoms with E-state index >= 15 is 0 Å². The van der Waals surface area contributed by atoms with Crippen LogP contribution in [0.2, 0.25) is 0 Å². The lowest BCUT2D eigenvalue weighted by Crippen LogP contribution is -2.47. The molecule has 0 aromatic carbocycles. The number of nitrogens with one attached hydrogen (secondary N) is 1. The van der Waals surface area contributed by atoms with Gasteiger partial charge in [0.05, 0.1) is 0 Å². The van der Waals surface area contributed by atoms with Gasteiger partial charge in [0.25, 0.3) is 0 Å². The van der Waals surface area contributed by atoms with Gasteiger partial charge in [0, 0.05) is 0 Å². The highest BCUT2D eigenvalue weighted by Gasteiger charge is 2.08. The zero-order valence-corrected chi connectivity index (χ0v) is 4.83. The number of hydrazone groups is 1. The summed E-state index contributed by atoms with van der Waals surface area (Å²) >= 11 is 0. The number of amidine groups is 2. The van der Waals surface area contributed by atoms with Crippen molar-refractivity contribution >= 4 is 11.7 Å². The van der Waals surface area contributed by atoms with Crippen LogP contribution in [0.15, 0.2) is 5.10 Å². The second-order valence-electron chi connectivity index (χ2n) is 1.49. The summed E-state index contributed by atoms with van der Waals surface area (Å²) < 4.78 is 0. The summed E-state index contributed by atoms with van der Waals surface area (Å²) in [6.07, 6.45) is 0. The van der Waals surface area contributed by atoms with E-state index in [0.29, 0.717) is 0 Å². The molecule has 6 nitrogen and oxygen atoms in total. The van der Waals surface area contributed by atoms with Crippen LogP contribution in [0.3, 0.4) is 0 Å². The Balaban J connectivity index is 4.04. The zero-order chi connectivity index (χ0) is 7.44. The lowest BCUT2D eigenvalue weighted by atomic mass is 10.3. The van der Waals surface area contributed by atoms with Crippen molar-refractivity contribution in [2.75, 3.05) is 0 Å². The fourth-order valence-corrected chi connectivity index (χ4v) is 0.240. The van der Waals surface area contributed by atoms with Gasteiger partial charge in [-0.25, -0.2) is 0 Å². The summed E-state index contributed by atoms with van der Waals surface area (Å²) in [5.74, 6) is 4.45. The minimum absolute atomic E-state index is 0.0394. The number of hydrogen-bond acceptors (Lipinski definition) is 4. The van der Waals surface area contributed by atoms with E-state index in [9.17, 15) is 0 Å². The van der Waals surface area contributed by atoms with Crippen molar-refractivity contribution in [3.63, 3.8) is 0 Å². The molecule has 0 radical (unpaired) electrons. The van der Waals surface area contributed by atoms with Gasteiger partial charge in [0.15, 0.2) is 0 Å². The maximum absolute atomic E-state index is 6.77. The zero-order valence-electron chi connectivity index (χ0n) is 4.83. The molecule has 0 aliphatic carbocycles. The summed E-state index contributed by atoms with van der Waals surface area (Å²) in [7, 11) is 0. The van der Waals surface area contributed by atoms with Crippen LogP contribution in [0.4, 0.5) is 0 Å². The van der Waals surface area contributed by atoms with Crippen molar-refractivity contribution in [1.29, 1.82) is 5.41 Å². The Labute approximate surface area is 52.4 Å². The third-order valence-electron chi connectivity index (χ3n) is 0.803. The van der Waals surface area contributed by atoms with E-state index in [4.69, 9.17) is 28.5 Å². The maximum Gasteiger partial charge on any atom is 0.144 e. The Bertz CT molecular complexity index is 137. The van der Waals surface area contributed by atoms with Crippen LogP contribution in [-0.4, -0.2) is 17.7 Å². The van der Waals surface area contributed by atoms with E-state index in [-0.39, 0.29) is 11.7 Å². The van der Waals surface area contributed by atoms with Gasteiger partial charge in [-0.3, -0.25) is 5.41 Å². The first-order valence-electron chi connectivity index (χ1n) is 2.22. The summed E-state index contributed by atoms with van der Waals surface area (Å²) in [4.78, 5) is 0. The van der Waals surface area contributed by atoms with Gasteiger partial charge in [-0.15, -0.1) is 0 Å². The lowest BCUT2D eigenvalue weighted by molar-refractivity contribution is 1.05. The van der Waals surface area contributed by atoms with Gasteiger partial charge in [-0.05, 0) is 0 Å². The van der Waals surface area contributed by atoms with Crippen molar-refractivity contribution in [3.05, 3.63) is 0 Å². The molecule has 0 amide bonds. The summed E-state index contributed by atoms with van der Waals surface area (Å²) in [5, 5.41) is 9.83. The first-order chi connectivity index (χ1) is 4.09. The van der Waals surface area contributed by atoms with Crippen molar-refractivity contribution in [2.45, 2.75) is 6.04 Å². The molecule has 1 unspecified atom stereocenters. The molecule has 52 valence electrons. The number of hydrogen-bond donors (Lipinski definition) is 5. The molecule has 6 heteroatoms. The topological polar surface area (TPSA) is 140 Å².